The first-order valence-electron chi connectivity index (χ1n) is 9.44. The van der Waals surface area contributed by atoms with Crippen LogP contribution in [0.2, 0.25) is 0 Å². The molecule has 0 rings (SSSR count). The van der Waals surface area contributed by atoms with Gasteiger partial charge in [0.05, 0.1) is 24.9 Å². The van der Waals surface area contributed by atoms with E-state index in [9.17, 15) is 5.11 Å². The van der Waals surface area contributed by atoms with Gasteiger partial charge in [-0.3, -0.25) is 0 Å². The highest BCUT2D eigenvalue weighted by atomic mass is 16.3. The quantitative estimate of drug-likeness (QED) is 0.349. The average Bonchev–Trinajstić information content (AvgIpc) is 2.61. The van der Waals surface area contributed by atoms with E-state index in [0.717, 1.165) is 25.7 Å². The molecule has 6 nitrogen and oxygen atoms in total. The van der Waals surface area contributed by atoms with Gasteiger partial charge < -0.3 is 30.6 Å². The predicted octanol–water partition coefficient (Wildman–Crippen LogP) is 1.69. The van der Waals surface area contributed by atoms with E-state index in [1.54, 1.807) is 0 Å². The molecule has 0 aromatic carbocycles. The lowest BCUT2D eigenvalue weighted by Crippen LogP contribution is -2.32. The molecule has 0 bridgehead atoms. The van der Waals surface area contributed by atoms with Crippen LogP contribution in [0.1, 0.15) is 73.6 Å². The molecular formula is C19H44O6. The SMILES string of the molecule is CCC(O)C(C)CO.CCC(O)CCO.CCCC(O)C(C)(C)CO. The molecule has 0 aliphatic rings. The highest BCUT2D eigenvalue weighted by molar-refractivity contribution is 4.75. The first kappa shape index (κ1) is 29.5. The molecule has 0 aliphatic heterocycles. The van der Waals surface area contributed by atoms with E-state index in [-0.39, 0.29) is 49.5 Å². The fourth-order valence-electron chi connectivity index (χ4n) is 1.65. The van der Waals surface area contributed by atoms with Crippen LogP contribution in [0, 0.1) is 11.3 Å². The van der Waals surface area contributed by atoms with Crippen molar-refractivity contribution in [3.05, 3.63) is 0 Å². The molecule has 25 heavy (non-hydrogen) atoms. The number of rotatable bonds is 10. The third-order valence-corrected chi connectivity index (χ3v) is 4.17. The van der Waals surface area contributed by atoms with Gasteiger partial charge in [0.1, 0.15) is 0 Å². The van der Waals surface area contributed by atoms with E-state index in [1.807, 2.05) is 41.5 Å². The summed E-state index contributed by atoms with van der Waals surface area (Å²) < 4.78 is 0. The number of aliphatic hydroxyl groups excluding tert-OH is 6. The Morgan fingerprint density at radius 1 is 0.840 bits per heavy atom. The molecule has 0 saturated carbocycles. The van der Waals surface area contributed by atoms with Gasteiger partial charge in [0.25, 0.3) is 0 Å². The third kappa shape index (κ3) is 18.4. The van der Waals surface area contributed by atoms with Crippen LogP contribution in [0.3, 0.4) is 0 Å². The van der Waals surface area contributed by atoms with Crippen molar-refractivity contribution in [2.24, 2.45) is 11.3 Å². The highest BCUT2D eigenvalue weighted by Gasteiger charge is 2.25. The molecule has 0 aromatic heterocycles. The summed E-state index contributed by atoms with van der Waals surface area (Å²) in [6, 6.07) is 0. The minimum atomic E-state index is -0.373. The Bertz CT molecular complexity index is 252. The van der Waals surface area contributed by atoms with Crippen molar-refractivity contribution in [2.45, 2.75) is 92.0 Å². The standard InChI is InChI=1S/C8H18O2.C6H14O2.C5H12O2/c1-4-5-7(10)8(2,3)6-9;1-3-6(8)5(2)4-7;1-2-5(7)3-4-6/h7,9-10H,4-6H2,1-3H3;5-8H,3-4H2,1-2H3;5-7H,2-4H2,1H3. The Morgan fingerprint density at radius 2 is 1.36 bits per heavy atom. The second kappa shape index (κ2) is 18.5. The summed E-state index contributed by atoms with van der Waals surface area (Å²) >= 11 is 0. The molecule has 0 amide bonds. The van der Waals surface area contributed by atoms with Gasteiger partial charge in [0.2, 0.25) is 0 Å². The monoisotopic (exact) mass is 368 g/mol. The molecule has 6 N–H and O–H groups in total. The normalized spacial score (nSPS) is 15.8. The Labute approximate surface area is 154 Å². The van der Waals surface area contributed by atoms with Gasteiger partial charge in [0.15, 0.2) is 0 Å². The lowest BCUT2D eigenvalue weighted by Gasteiger charge is -2.27. The summed E-state index contributed by atoms with van der Waals surface area (Å²) in [7, 11) is 0. The van der Waals surface area contributed by atoms with Crippen LogP contribution in [0.4, 0.5) is 0 Å². The molecule has 6 heteroatoms. The lowest BCUT2D eigenvalue weighted by molar-refractivity contribution is 0.00254. The van der Waals surface area contributed by atoms with Gasteiger partial charge in [-0.15, -0.1) is 0 Å². The maximum Gasteiger partial charge on any atom is 0.0612 e. The van der Waals surface area contributed by atoms with Crippen LogP contribution in [0.5, 0.6) is 0 Å². The van der Waals surface area contributed by atoms with Gasteiger partial charge in [-0.05, 0) is 25.7 Å². The molecule has 0 aliphatic carbocycles. The summed E-state index contributed by atoms with van der Waals surface area (Å²) in [5.74, 6) is 0.0278. The smallest absolute Gasteiger partial charge is 0.0612 e. The van der Waals surface area contributed by atoms with Crippen LogP contribution >= 0.6 is 0 Å². The minimum Gasteiger partial charge on any atom is -0.396 e. The summed E-state index contributed by atoms with van der Waals surface area (Å²) in [6.07, 6.45) is 2.70. The molecule has 4 atom stereocenters. The van der Waals surface area contributed by atoms with E-state index < -0.39 is 0 Å². The van der Waals surface area contributed by atoms with Crippen molar-refractivity contribution < 1.29 is 30.6 Å². The average molecular weight is 369 g/mol. The van der Waals surface area contributed by atoms with Crippen LogP contribution in [0.15, 0.2) is 0 Å². The molecule has 0 radical (unpaired) electrons. The molecular weight excluding hydrogens is 324 g/mol. The van der Waals surface area contributed by atoms with E-state index in [4.69, 9.17) is 25.5 Å². The fourth-order valence-corrected chi connectivity index (χ4v) is 1.65. The minimum absolute atomic E-state index is 0.0278. The molecule has 156 valence electrons. The number of aliphatic hydroxyl groups is 6. The number of hydrogen-bond acceptors (Lipinski definition) is 6. The largest absolute Gasteiger partial charge is 0.396 e. The molecule has 0 spiro atoms. The molecule has 0 heterocycles. The maximum atomic E-state index is 9.42. The molecule has 0 aromatic rings. The first-order chi connectivity index (χ1) is 11.6. The Balaban J connectivity index is -0.000000296. The van der Waals surface area contributed by atoms with Crippen molar-refractivity contribution in [3.8, 4) is 0 Å². The van der Waals surface area contributed by atoms with E-state index in [1.165, 1.54) is 0 Å². The Morgan fingerprint density at radius 3 is 1.56 bits per heavy atom. The van der Waals surface area contributed by atoms with E-state index >= 15 is 0 Å². The van der Waals surface area contributed by atoms with Crippen molar-refractivity contribution >= 4 is 0 Å². The van der Waals surface area contributed by atoms with Crippen LogP contribution < -0.4 is 0 Å². The number of hydrogen-bond donors (Lipinski definition) is 6. The van der Waals surface area contributed by atoms with Gasteiger partial charge in [0, 0.05) is 24.5 Å². The first-order valence-corrected chi connectivity index (χ1v) is 9.44. The highest BCUT2D eigenvalue weighted by Crippen LogP contribution is 2.22. The van der Waals surface area contributed by atoms with Crippen molar-refractivity contribution in [2.75, 3.05) is 19.8 Å². The van der Waals surface area contributed by atoms with E-state index in [2.05, 4.69) is 0 Å². The van der Waals surface area contributed by atoms with Gasteiger partial charge in [-0.25, -0.2) is 0 Å². The molecule has 0 fully saturated rings. The van der Waals surface area contributed by atoms with Crippen molar-refractivity contribution in [1.82, 2.24) is 0 Å². The second-order valence-corrected chi connectivity index (χ2v) is 7.16. The molecule has 4 unspecified atom stereocenters. The second-order valence-electron chi connectivity index (χ2n) is 7.16. The zero-order chi connectivity index (χ0) is 20.5. The summed E-state index contributed by atoms with van der Waals surface area (Å²) in [5.41, 5.74) is -0.337. The summed E-state index contributed by atoms with van der Waals surface area (Å²) in [4.78, 5) is 0. The van der Waals surface area contributed by atoms with Gasteiger partial charge >= 0.3 is 0 Å². The third-order valence-electron chi connectivity index (χ3n) is 4.17. The summed E-state index contributed by atoms with van der Waals surface area (Å²) in [5, 5.41) is 52.6. The van der Waals surface area contributed by atoms with Gasteiger partial charge in [-0.2, -0.15) is 0 Å². The Kier molecular flexibility index (Phi) is 21.9. The Hall–Kier alpha value is -0.240. The van der Waals surface area contributed by atoms with Gasteiger partial charge in [-0.1, -0.05) is 48.0 Å². The zero-order valence-electron chi connectivity index (χ0n) is 17.1. The van der Waals surface area contributed by atoms with Crippen LogP contribution in [-0.4, -0.2) is 68.8 Å². The van der Waals surface area contributed by atoms with Crippen LogP contribution in [0.25, 0.3) is 0 Å². The summed E-state index contributed by atoms with van der Waals surface area (Å²) in [6.45, 7) is 11.6. The maximum absolute atomic E-state index is 9.42. The van der Waals surface area contributed by atoms with Crippen molar-refractivity contribution in [3.63, 3.8) is 0 Å². The zero-order valence-corrected chi connectivity index (χ0v) is 17.1. The van der Waals surface area contributed by atoms with E-state index in [0.29, 0.717) is 6.42 Å². The van der Waals surface area contributed by atoms with Crippen molar-refractivity contribution in [1.29, 1.82) is 0 Å². The molecule has 0 saturated heterocycles. The van der Waals surface area contributed by atoms with Crippen LogP contribution in [-0.2, 0) is 0 Å². The lowest BCUT2D eigenvalue weighted by atomic mass is 9.85. The topological polar surface area (TPSA) is 121 Å². The predicted molar refractivity (Wildman–Crippen MR) is 102 cm³/mol. The fraction of sp³-hybridized carbons (Fsp3) is 1.00.